The Bertz CT molecular complexity index is 309. The minimum atomic E-state index is 0.228. The molecule has 0 radical (unpaired) electrons. The lowest BCUT2D eigenvalue weighted by Crippen LogP contribution is -2.40. The quantitative estimate of drug-likeness (QED) is 0.559. The number of rotatable bonds is 12. The topological polar surface area (TPSA) is 35.9 Å². The number of nitrogens with zero attached hydrogens (tertiary/aromatic N) is 2. The van der Waals surface area contributed by atoms with Gasteiger partial charge < -0.3 is 14.7 Å². The zero-order valence-electron chi connectivity index (χ0n) is 16.2. The first-order valence-electron chi connectivity index (χ1n) is 9.35. The standard InChI is InChI=1S/C19H40N2O2/c1-18(2,3)7-11-21(13-15-22)14-16-23-17-19(4,5)8-12-20-9-6-10-20/h22H,6-17H2,1-5H3. The molecule has 0 aromatic heterocycles. The van der Waals surface area contributed by atoms with E-state index in [4.69, 9.17) is 4.74 Å². The number of hydrogen-bond donors (Lipinski definition) is 1. The molecule has 0 aromatic rings. The summed E-state index contributed by atoms with van der Waals surface area (Å²) >= 11 is 0. The molecule has 1 heterocycles. The highest BCUT2D eigenvalue weighted by molar-refractivity contribution is 4.75. The molecule has 4 heteroatoms. The first-order chi connectivity index (χ1) is 10.7. The van der Waals surface area contributed by atoms with Gasteiger partial charge in [-0.3, -0.25) is 4.90 Å². The molecule has 0 bridgehead atoms. The van der Waals surface area contributed by atoms with Crippen molar-refractivity contribution in [2.45, 2.75) is 53.9 Å². The van der Waals surface area contributed by atoms with E-state index < -0.39 is 0 Å². The van der Waals surface area contributed by atoms with E-state index in [1.807, 2.05) is 0 Å². The van der Waals surface area contributed by atoms with Gasteiger partial charge in [-0.1, -0.05) is 34.6 Å². The van der Waals surface area contributed by atoms with Gasteiger partial charge in [-0.05, 0) is 56.3 Å². The lowest BCUT2D eigenvalue weighted by molar-refractivity contribution is 0.0314. The second-order valence-electron chi connectivity index (χ2n) is 9.04. The van der Waals surface area contributed by atoms with Crippen molar-refractivity contribution >= 4 is 0 Å². The fraction of sp³-hybridized carbons (Fsp3) is 1.00. The van der Waals surface area contributed by atoms with Gasteiger partial charge in [-0.2, -0.15) is 0 Å². The molecule has 0 amide bonds. The maximum atomic E-state index is 9.22. The van der Waals surface area contributed by atoms with Crippen LogP contribution in [0.15, 0.2) is 0 Å². The van der Waals surface area contributed by atoms with Crippen molar-refractivity contribution in [3.63, 3.8) is 0 Å². The average molecular weight is 329 g/mol. The molecule has 0 saturated carbocycles. The minimum Gasteiger partial charge on any atom is -0.395 e. The van der Waals surface area contributed by atoms with Crippen molar-refractivity contribution in [3.05, 3.63) is 0 Å². The highest BCUT2D eigenvalue weighted by atomic mass is 16.5. The number of ether oxygens (including phenoxy) is 1. The predicted octanol–water partition coefficient (Wildman–Crippen LogP) is 2.86. The largest absolute Gasteiger partial charge is 0.395 e. The fourth-order valence-electron chi connectivity index (χ4n) is 2.65. The summed E-state index contributed by atoms with van der Waals surface area (Å²) in [5, 5.41) is 9.22. The van der Waals surface area contributed by atoms with Crippen molar-refractivity contribution in [2.24, 2.45) is 10.8 Å². The third kappa shape index (κ3) is 10.3. The molecule has 1 aliphatic rings. The normalized spacial score (nSPS) is 16.8. The molecule has 4 nitrogen and oxygen atoms in total. The van der Waals surface area contributed by atoms with Crippen molar-refractivity contribution < 1.29 is 9.84 Å². The van der Waals surface area contributed by atoms with E-state index >= 15 is 0 Å². The first kappa shape index (κ1) is 20.9. The monoisotopic (exact) mass is 328 g/mol. The molecule has 1 fully saturated rings. The summed E-state index contributed by atoms with van der Waals surface area (Å²) in [6.45, 7) is 19.7. The molecule has 138 valence electrons. The van der Waals surface area contributed by atoms with Gasteiger partial charge in [0.15, 0.2) is 0 Å². The average Bonchev–Trinajstić information content (AvgIpc) is 2.38. The maximum absolute atomic E-state index is 9.22. The second kappa shape index (κ2) is 9.97. The first-order valence-corrected chi connectivity index (χ1v) is 9.35. The number of hydrogen-bond acceptors (Lipinski definition) is 4. The Balaban J connectivity index is 2.15. The molecular formula is C19H40N2O2. The molecule has 0 aromatic carbocycles. The van der Waals surface area contributed by atoms with E-state index in [1.165, 1.54) is 32.5 Å². The highest BCUT2D eigenvalue weighted by Crippen LogP contribution is 2.22. The molecule has 1 rings (SSSR count). The zero-order chi connectivity index (χ0) is 17.3. The number of likely N-dealkylation sites (tertiary alicyclic amines) is 1. The van der Waals surface area contributed by atoms with Gasteiger partial charge in [-0.25, -0.2) is 0 Å². The fourth-order valence-corrected chi connectivity index (χ4v) is 2.65. The summed E-state index contributed by atoms with van der Waals surface area (Å²) < 4.78 is 5.95. The van der Waals surface area contributed by atoms with Crippen molar-refractivity contribution in [1.82, 2.24) is 9.80 Å². The van der Waals surface area contributed by atoms with Gasteiger partial charge in [-0.15, -0.1) is 0 Å². The zero-order valence-corrected chi connectivity index (χ0v) is 16.2. The lowest BCUT2D eigenvalue weighted by atomic mass is 9.90. The SMILES string of the molecule is CC(C)(C)CCN(CCO)CCOCC(C)(C)CCN1CCC1. The van der Waals surface area contributed by atoms with E-state index in [0.29, 0.717) is 5.41 Å². The van der Waals surface area contributed by atoms with Crippen LogP contribution in [-0.2, 0) is 4.74 Å². The smallest absolute Gasteiger partial charge is 0.0593 e. The molecule has 1 aliphatic heterocycles. The van der Waals surface area contributed by atoms with Crippen molar-refractivity contribution in [2.75, 3.05) is 59.1 Å². The van der Waals surface area contributed by atoms with Gasteiger partial charge in [0.05, 0.1) is 19.8 Å². The van der Waals surface area contributed by atoms with Crippen LogP contribution in [0, 0.1) is 10.8 Å². The second-order valence-corrected chi connectivity index (χ2v) is 9.04. The van der Waals surface area contributed by atoms with Crippen LogP contribution in [-0.4, -0.2) is 74.0 Å². The van der Waals surface area contributed by atoms with Crippen LogP contribution >= 0.6 is 0 Å². The minimum absolute atomic E-state index is 0.228. The molecule has 1 saturated heterocycles. The number of aliphatic hydroxyl groups is 1. The summed E-state index contributed by atoms with van der Waals surface area (Å²) in [5.41, 5.74) is 0.593. The third-order valence-electron chi connectivity index (χ3n) is 4.69. The molecule has 0 aliphatic carbocycles. The Morgan fingerprint density at radius 2 is 1.70 bits per heavy atom. The van der Waals surface area contributed by atoms with Gasteiger partial charge in [0.1, 0.15) is 0 Å². The Kier molecular flexibility index (Phi) is 9.06. The predicted molar refractivity (Wildman–Crippen MR) is 97.9 cm³/mol. The summed E-state index contributed by atoms with van der Waals surface area (Å²) in [5.74, 6) is 0. The molecule has 0 atom stereocenters. The lowest BCUT2D eigenvalue weighted by Gasteiger charge is -2.34. The van der Waals surface area contributed by atoms with Crippen molar-refractivity contribution in [3.8, 4) is 0 Å². The maximum Gasteiger partial charge on any atom is 0.0593 e. The van der Waals surface area contributed by atoms with Crippen LogP contribution < -0.4 is 0 Å². The van der Waals surface area contributed by atoms with Gasteiger partial charge in [0.2, 0.25) is 0 Å². The van der Waals surface area contributed by atoms with Crippen LogP contribution in [0.25, 0.3) is 0 Å². The van der Waals surface area contributed by atoms with Gasteiger partial charge in [0, 0.05) is 13.1 Å². The van der Waals surface area contributed by atoms with E-state index in [1.54, 1.807) is 0 Å². The van der Waals surface area contributed by atoms with E-state index in [-0.39, 0.29) is 12.0 Å². The van der Waals surface area contributed by atoms with Crippen LogP contribution in [0.5, 0.6) is 0 Å². The summed E-state index contributed by atoms with van der Waals surface area (Å²) in [6.07, 6.45) is 3.72. The molecule has 0 unspecified atom stereocenters. The Morgan fingerprint density at radius 3 is 2.22 bits per heavy atom. The molecule has 0 spiro atoms. The van der Waals surface area contributed by atoms with Crippen LogP contribution in [0.4, 0.5) is 0 Å². The van der Waals surface area contributed by atoms with Crippen LogP contribution in [0.3, 0.4) is 0 Å². The van der Waals surface area contributed by atoms with E-state index in [9.17, 15) is 5.11 Å². The highest BCUT2D eigenvalue weighted by Gasteiger charge is 2.22. The van der Waals surface area contributed by atoms with E-state index in [0.717, 1.165) is 39.3 Å². The Morgan fingerprint density at radius 1 is 1.00 bits per heavy atom. The van der Waals surface area contributed by atoms with E-state index in [2.05, 4.69) is 44.4 Å². The third-order valence-corrected chi connectivity index (χ3v) is 4.69. The Hall–Kier alpha value is -0.160. The summed E-state index contributed by atoms with van der Waals surface area (Å²) in [4.78, 5) is 4.84. The van der Waals surface area contributed by atoms with Gasteiger partial charge in [0.25, 0.3) is 0 Å². The molecular weight excluding hydrogens is 288 g/mol. The molecule has 23 heavy (non-hydrogen) atoms. The van der Waals surface area contributed by atoms with Gasteiger partial charge >= 0.3 is 0 Å². The van der Waals surface area contributed by atoms with Crippen molar-refractivity contribution in [1.29, 1.82) is 0 Å². The van der Waals surface area contributed by atoms with Crippen LogP contribution in [0.2, 0.25) is 0 Å². The number of aliphatic hydroxyl groups excluding tert-OH is 1. The summed E-state index contributed by atoms with van der Waals surface area (Å²) in [6, 6.07) is 0. The molecule has 1 N–H and O–H groups in total. The van der Waals surface area contributed by atoms with Crippen LogP contribution in [0.1, 0.15) is 53.9 Å². The Labute approximate surface area is 144 Å². The summed E-state index contributed by atoms with van der Waals surface area (Å²) in [7, 11) is 0.